The fourth-order valence-electron chi connectivity index (χ4n) is 3.43. The summed E-state index contributed by atoms with van der Waals surface area (Å²) in [6, 6.07) is 20.0. The molecule has 0 unspecified atom stereocenters. The number of nitrogens with one attached hydrogen (secondary N) is 1. The molecule has 0 radical (unpaired) electrons. The summed E-state index contributed by atoms with van der Waals surface area (Å²) in [6.07, 6.45) is 0. The van der Waals surface area contributed by atoms with E-state index < -0.39 is 11.7 Å². The number of nitrogens with zero attached hydrogens (tertiary/aromatic N) is 2. The van der Waals surface area contributed by atoms with Crippen LogP contribution in [-0.2, 0) is 13.7 Å². The topological polar surface area (TPSA) is 65.3 Å². The molecule has 0 spiro atoms. The van der Waals surface area contributed by atoms with Gasteiger partial charge in [0.2, 0.25) is 0 Å². The van der Waals surface area contributed by atoms with E-state index in [-0.39, 0.29) is 28.4 Å². The van der Waals surface area contributed by atoms with Gasteiger partial charge in [0.1, 0.15) is 23.9 Å². The van der Waals surface area contributed by atoms with Gasteiger partial charge in [0, 0.05) is 18.2 Å². The van der Waals surface area contributed by atoms with Crippen LogP contribution in [0.4, 0.5) is 10.1 Å². The van der Waals surface area contributed by atoms with E-state index in [9.17, 15) is 14.0 Å². The average Bonchev–Trinajstić information content (AvgIpc) is 3.02. The molecule has 1 amide bonds. The number of halogens is 2. The Morgan fingerprint density at radius 1 is 1.03 bits per heavy atom. The van der Waals surface area contributed by atoms with Crippen LogP contribution in [0.5, 0.6) is 5.75 Å². The van der Waals surface area contributed by atoms with Crippen molar-refractivity contribution in [3.63, 3.8) is 0 Å². The molecule has 3 aromatic carbocycles. The molecule has 8 heteroatoms. The molecule has 168 valence electrons. The predicted octanol–water partition coefficient (Wildman–Crippen LogP) is 5.11. The summed E-state index contributed by atoms with van der Waals surface area (Å²) in [5.74, 6) is -0.421. The Kier molecular flexibility index (Phi) is 6.33. The Balaban J connectivity index is 1.49. The van der Waals surface area contributed by atoms with Gasteiger partial charge in [-0.25, -0.2) is 9.07 Å². The third kappa shape index (κ3) is 4.54. The third-order valence-corrected chi connectivity index (χ3v) is 5.71. The van der Waals surface area contributed by atoms with Gasteiger partial charge in [0.25, 0.3) is 11.5 Å². The van der Waals surface area contributed by atoms with Crippen LogP contribution < -0.4 is 15.6 Å². The molecule has 0 aliphatic carbocycles. The standard InChI is InChI=1S/C25H21ClFN3O3/c1-16-23(25(32)30(29(16)2)18-7-4-3-5-8-18)28-24(31)17-11-13-19(14-12-17)33-15-20-21(26)9-6-10-22(20)27/h3-14H,15H2,1-2H3,(H,28,31). The lowest BCUT2D eigenvalue weighted by molar-refractivity contribution is 0.102. The lowest BCUT2D eigenvalue weighted by Crippen LogP contribution is -2.22. The van der Waals surface area contributed by atoms with Crippen molar-refractivity contribution in [3.8, 4) is 11.4 Å². The highest BCUT2D eigenvalue weighted by Crippen LogP contribution is 2.22. The maximum atomic E-state index is 13.9. The Morgan fingerprint density at radius 2 is 1.73 bits per heavy atom. The quantitative estimate of drug-likeness (QED) is 0.430. The normalized spacial score (nSPS) is 10.8. The predicted molar refractivity (Wildman–Crippen MR) is 126 cm³/mol. The molecular formula is C25H21ClFN3O3. The van der Waals surface area contributed by atoms with Crippen molar-refractivity contribution >= 4 is 23.2 Å². The van der Waals surface area contributed by atoms with Gasteiger partial charge in [-0.15, -0.1) is 0 Å². The molecule has 0 aliphatic heterocycles. The molecule has 33 heavy (non-hydrogen) atoms. The molecule has 0 atom stereocenters. The maximum absolute atomic E-state index is 13.9. The van der Waals surface area contributed by atoms with Crippen molar-refractivity contribution in [2.45, 2.75) is 13.5 Å². The number of para-hydroxylation sites is 1. The zero-order valence-corrected chi connectivity index (χ0v) is 18.8. The summed E-state index contributed by atoms with van der Waals surface area (Å²) in [5.41, 5.74) is 1.82. The van der Waals surface area contributed by atoms with Gasteiger partial charge in [-0.1, -0.05) is 35.9 Å². The smallest absolute Gasteiger partial charge is 0.295 e. The first-order valence-corrected chi connectivity index (χ1v) is 10.6. The summed E-state index contributed by atoms with van der Waals surface area (Å²) < 4.78 is 22.7. The van der Waals surface area contributed by atoms with Crippen LogP contribution in [0.25, 0.3) is 5.69 Å². The van der Waals surface area contributed by atoms with Gasteiger partial charge in [-0.05, 0) is 55.5 Å². The molecule has 1 aromatic heterocycles. The highest BCUT2D eigenvalue weighted by Gasteiger charge is 2.19. The number of carbonyl (C=O) groups excluding carboxylic acids is 1. The number of aromatic nitrogens is 2. The van der Waals surface area contributed by atoms with Gasteiger partial charge in [-0.3, -0.25) is 14.3 Å². The molecule has 6 nitrogen and oxygen atoms in total. The highest BCUT2D eigenvalue weighted by atomic mass is 35.5. The van der Waals surface area contributed by atoms with Gasteiger partial charge < -0.3 is 10.1 Å². The minimum absolute atomic E-state index is 0.0424. The zero-order chi connectivity index (χ0) is 23.5. The molecule has 1 heterocycles. The van der Waals surface area contributed by atoms with E-state index in [0.29, 0.717) is 22.7 Å². The van der Waals surface area contributed by atoms with E-state index >= 15 is 0 Å². The number of hydrogen-bond donors (Lipinski definition) is 1. The number of benzene rings is 3. The van der Waals surface area contributed by atoms with Crippen LogP contribution in [0.3, 0.4) is 0 Å². The number of carbonyl (C=O) groups is 1. The van der Waals surface area contributed by atoms with E-state index in [1.165, 1.54) is 16.8 Å². The van der Waals surface area contributed by atoms with E-state index in [1.54, 1.807) is 49.0 Å². The summed E-state index contributed by atoms with van der Waals surface area (Å²) in [5, 5.41) is 3.00. The Hall–Kier alpha value is -3.84. The fraction of sp³-hybridized carbons (Fsp3) is 0.120. The van der Waals surface area contributed by atoms with Crippen LogP contribution >= 0.6 is 11.6 Å². The minimum Gasteiger partial charge on any atom is -0.489 e. The first-order chi connectivity index (χ1) is 15.9. The molecule has 0 aliphatic rings. The van der Waals surface area contributed by atoms with Gasteiger partial charge >= 0.3 is 0 Å². The van der Waals surface area contributed by atoms with Gasteiger partial charge in [-0.2, -0.15) is 0 Å². The van der Waals surface area contributed by atoms with Gasteiger partial charge in [0.05, 0.1) is 16.4 Å². The van der Waals surface area contributed by atoms with Crippen LogP contribution in [0.1, 0.15) is 21.6 Å². The summed E-state index contributed by atoms with van der Waals surface area (Å²) in [6.45, 7) is 1.72. The van der Waals surface area contributed by atoms with Crippen LogP contribution in [-0.4, -0.2) is 15.3 Å². The SMILES string of the molecule is Cc1c(NC(=O)c2ccc(OCc3c(F)cccc3Cl)cc2)c(=O)n(-c2ccccc2)n1C. The molecule has 1 N–H and O–H groups in total. The zero-order valence-electron chi connectivity index (χ0n) is 18.0. The maximum Gasteiger partial charge on any atom is 0.295 e. The van der Waals surface area contributed by atoms with Crippen molar-refractivity contribution in [2.75, 3.05) is 5.32 Å². The highest BCUT2D eigenvalue weighted by molar-refractivity contribution is 6.31. The second-order valence-corrected chi connectivity index (χ2v) is 7.81. The molecule has 0 saturated carbocycles. The molecule has 4 aromatic rings. The molecule has 4 rings (SSSR count). The van der Waals surface area contributed by atoms with Gasteiger partial charge in [0.15, 0.2) is 0 Å². The molecule has 0 bridgehead atoms. The average molecular weight is 466 g/mol. The lowest BCUT2D eigenvalue weighted by atomic mass is 10.2. The fourth-order valence-corrected chi connectivity index (χ4v) is 3.64. The second kappa shape index (κ2) is 9.34. The van der Waals surface area contributed by atoms with Crippen LogP contribution in [0.15, 0.2) is 77.6 Å². The Labute approximate surface area is 194 Å². The first kappa shape index (κ1) is 22.4. The van der Waals surface area contributed by atoms with Crippen LogP contribution in [0.2, 0.25) is 5.02 Å². The Morgan fingerprint density at radius 3 is 2.39 bits per heavy atom. The largest absolute Gasteiger partial charge is 0.489 e. The van der Waals surface area contributed by atoms with Crippen molar-refractivity contribution in [3.05, 3.63) is 111 Å². The number of hydrogen-bond acceptors (Lipinski definition) is 3. The van der Waals surface area contributed by atoms with E-state index in [4.69, 9.17) is 16.3 Å². The summed E-state index contributed by atoms with van der Waals surface area (Å²) in [7, 11) is 1.76. The number of amides is 1. The third-order valence-electron chi connectivity index (χ3n) is 5.35. The van der Waals surface area contributed by atoms with Crippen molar-refractivity contribution < 1.29 is 13.9 Å². The summed E-state index contributed by atoms with van der Waals surface area (Å²) >= 11 is 6.02. The number of rotatable bonds is 6. The van der Waals surface area contributed by atoms with E-state index in [0.717, 1.165) is 0 Å². The van der Waals surface area contributed by atoms with Crippen LogP contribution in [0, 0.1) is 12.7 Å². The second-order valence-electron chi connectivity index (χ2n) is 7.40. The summed E-state index contributed by atoms with van der Waals surface area (Å²) in [4.78, 5) is 25.8. The molecule has 0 saturated heterocycles. The minimum atomic E-state index is -0.446. The number of anilines is 1. The Bertz CT molecular complexity index is 1340. The number of ether oxygens (including phenoxy) is 1. The first-order valence-electron chi connectivity index (χ1n) is 10.2. The monoisotopic (exact) mass is 465 g/mol. The van der Waals surface area contributed by atoms with E-state index in [2.05, 4.69) is 5.32 Å². The van der Waals surface area contributed by atoms with Crippen molar-refractivity contribution in [1.29, 1.82) is 0 Å². The molecule has 0 fully saturated rings. The lowest BCUT2D eigenvalue weighted by Gasteiger charge is -2.09. The van der Waals surface area contributed by atoms with Crippen molar-refractivity contribution in [2.24, 2.45) is 7.05 Å². The molecular weight excluding hydrogens is 445 g/mol. The van der Waals surface area contributed by atoms with E-state index in [1.807, 2.05) is 30.3 Å². The van der Waals surface area contributed by atoms with Crippen molar-refractivity contribution in [1.82, 2.24) is 9.36 Å².